The van der Waals surface area contributed by atoms with Gasteiger partial charge in [0.1, 0.15) is 22.7 Å². The number of aromatic amines is 1. The molecule has 1 fully saturated rings. The standard InChI is InChI=1S/C25H27N3O4/c1-4-16-11-17(12-18-14-26-27-23(16)18)24(30)28-7-5-25(6-8-28)13-19(29)22-20(31-3)9-15(2)10-21(22)32-25/h9-12,14H,4-8,13H2,1-3H3,(H,26,27). The molecule has 1 N–H and O–H groups in total. The van der Waals surface area contributed by atoms with Crippen molar-refractivity contribution in [1.82, 2.24) is 15.1 Å². The van der Waals surface area contributed by atoms with Crippen molar-refractivity contribution in [3.63, 3.8) is 0 Å². The first-order valence-corrected chi connectivity index (χ1v) is 11.1. The summed E-state index contributed by atoms with van der Waals surface area (Å²) in [7, 11) is 1.57. The van der Waals surface area contributed by atoms with E-state index >= 15 is 0 Å². The van der Waals surface area contributed by atoms with Gasteiger partial charge in [0.25, 0.3) is 5.91 Å². The number of Topliss-reactive ketones (excluding diaryl/α,β-unsaturated/α-hetero) is 1. The maximum absolute atomic E-state index is 13.3. The Kier molecular flexibility index (Phi) is 4.92. The molecule has 166 valence electrons. The molecule has 1 spiro atoms. The predicted octanol–water partition coefficient (Wildman–Crippen LogP) is 4.08. The number of carbonyl (C=O) groups is 2. The van der Waals surface area contributed by atoms with Gasteiger partial charge in [-0.1, -0.05) is 6.92 Å². The Morgan fingerprint density at radius 1 is 1.25 bits per heavy atom. The minimum atomic E-state index is -0.567. The fraction of sp³-hybridized carbons (Fsp3) is 0.400. The number of piperidine rings is 1. The predicted molar refractivity (Wildman–Crippen MR) is 121 cm³/mol. The van der Waals surface area contributed by atoms with Crippen LogP contribution in [0.1, 0.15) is 58.0 Å². The molecule has 1 saturated heterocycles. The van der Waals surface area contributed by atoms with Gasteiger partial charge in [-0.05, 0) is 48.7 Å². The number of hydrogen-bond acceptors (Lipinski definition) is 5. The first-order valence-electron chi connectivity index (χ1n) is 11.1. The Hall–Kier alpha value is -3.35. The molecule has 2 aliphatic rings. The van der Waals surface area contributed by atoms with E-state index in [-0.39, 0.29) is 11.7 Å². The van der Waals surface area contributed by atoms with Crippen LogP contribution in [0.3, 0.4) is 0 Å². The number of ketones is 1. The molecule has 2 aliphatic heterocycles. The number of methoxy groups -OCH3 is 1. The van der Waals surface area contributed by atoms with Crippen LogP contribution in [-0.2, 0) is 6.42 Å². The molecule has 0 bridgehead atoms. The van der Waals surface area contributed by atoms with Crippen molar-refractivity contribution in [1.29, 1.82) is 0 Å². The number of carbonyl (C=O) groups excluding carboxylic acids is 2. The van der Waals surface area contributed by atoms with Crippen molar-refractivity contribution in [2.45, 2.75) is 45.1 Å². The van der Waals surface area contributed by atoms with Crippen LogP contribution in [-0.4, -0.2) is 52.6 Å². The molecule has 0 saturated carbocycles. The van der Waals surface area contributed by atoms with Crippen molar-refractivity contribution >= 4 is 22.6 Å². The molecule has 0 radical (unpaired) electrons. The van der Waals surface area contributed by atoms with Crippen molar-refractivity contribution in [3.8, 4) is 11.5 Å². The first-order chi connectivity index (χ1) is 15.4. The second kappa shape index (κ2) is 7.65. The number of H-pyrrole nitrogens is 1. The minimum Gasteiger partial charge on any atom is -0.496 e. The Morgan fingerprint density at radius 3 is 2.75 bits per heavy atom. The van der Waals surface area contributed by atoms with Gasteiger partial charge in [-0.2, -0.15) is 5.10 Å². The lowest BCUT2D eigenvalue weighted by molar-refractivity contribution is -0.00602. The fourth-order valence-corrected chi connectivity index (χ4v) is 5.00. The van der Waals surface area contributed by atoms with Crippen LogP contribution in [0.2, 0.25) is 0 Å². The van der Waals surface area contributed by atoms with Crippen LogP contribution >= 0.6 is 0 Å². The topological polar surface area (TPSA) is 84.5 Å². The number of hydrogen-bond donors (Lipinski definition) is 1. The second-order valence-electron chi connectivity index (χ2n) is 8.84. The van der Waals surface area contributed by atoms with E-state index in [2.05, 4.69) is 17.1 Å². The summed E-state index contributed by atoms with van der Waals surface area (Å²) in [6.07, 6.45) is 4.12. The number of likely N-dealkylation sites (tertiary alicyclic amines) is 1. The van der Waals surface area contributed by atoms with E-state index < -0.39 is 5.60 Å². The molecular formula is C25H27N3O4. The number of rotatable bonds is 3. The number of nitrogens with one attached hydrogen (secondary N) is 1. The van der Waals surface area contributed by atoms with E-state index in [4.69, 9.17) is 9.47 Å². The number of benzene rings is 2. The number of amides is 1. The Labute approximate surface area is 186 Å². The number of fused-ring (bicyclic) bond motifs is 2. The Bertz CT molecular complexity index is 1220. The van der Waals surface area contributed by atoms with Crippen molar-refractivity contribution in [2.75, 3.05) is 20.2 Å². The zero-order valence-corrected chi connectivity index (χ0v) is 18.7. The van der Waals surface area contributed by atoms with Crippen LogP contribution in [0.15, 0.2) is 30.5 Å². The van der Waals surface area contributed by atoms with E-state index in [1.807, 2.05) is 36.1 Å². The van der Waals surface area contributed by atoms with Crippen LogP contribution < -0.4 is 9.47 Å². The summed E-state index contributed by atoms with van der Waals surface area (Å²) >= 11 is 0. The highest BCUT2D eigenvalue weighted by atomic mass is 16.5. The molecule has 3 heterocycles. The maximum atomic E-state index is 13.3. The summed E-state index contributed by atoms with van der Waals surface area (Å²) in [6.45, 7) is 5.13. The average Bonchev–Trinajstić information content (AvgIpc) is 3.26. The Morgan fingerprint density at radius 2 is 2.03 bits per heavy atom. The molecule has 2 aromatic carbocycles. The minimum absolute atomic E-state index is 0.0118. The van der Waals surface area contributed by atoms with Gasteiger partial charge in [0.05, 0.1) is 25.2 Å². The SMILES string of the molecule is CCc1cc(C(=O)N2CCC3(CC2)CC(=O)c2c(OC)cc(C)cc2O3)cc2cn[nH]c12. The molecule has 1 aromatic heterocycles. The largest absolute Gasteiger partial charge is 0.496 e. The molecule has 5 rings (SSSR count). The molecular weight excluding hydrogens is 406 g/mol. The fourth-order valence-electron chi connectivity index (χ4n) is 5.00. The third kappa shape index (κ3) is 3.32. The average molecular weight is 434 g/mol. The van der Waals surface area contributed by atoms with E-state index in [9.17, 15) is 9.59 Å². The molecule has 3 aromatic rings. The van der Waals surface area contributed by atoms with E-state index in [1.165, 1.54) is 0 Å². The molecule has 7 nitrogen and oxygen atoms in total. The van der Waals surface area contributed by atoms with Gasteiger partial charge < -0.3 is 14.4 Å². The third-order valence-corrected chi connectivity index (χ3v) is 6.74. The number of aryl methyl sites for hydroxylation is 2. The molecule has 1 amide bonds. The summed E-state index contributed by atoms with van der Waals surface area (Å²) in [6, 6.07) is 7.62. The highest BCUT2D eigenvalue weighted by molar-refractivity contribution is 6.03. The second-order valence-corrected chi connectivity index (χ2v) is 8.84. The van der Waals surface area contributed by atoms with Crippen LogP contribution in [0.5, 0.6) is 11.5 Å². The van der Waals surface area contributed by atoms with Crippen molar-refractivity contribution in [3.05, 3.63) is 52.7 Å². The number of aromatic nitrogens is 2. The van der Waals surface area contributed by atoms with Gasteiger partial charge >= 0.3 is 0 Å². The van der Waals surface area contributed by atoms with Crippen molar-refractivity contribution in [2.24, 2.45) is 0 Å². The summed E-state index contributed by atoms with van der Waals surface area (Å²) in [5.41, 5.74) is 3.70. The van der Waals surface area contributed by atoms with Crippen LogP contribution in [0, 0.1) is 6.92 Å². The summed E-state index contributed by atoms with van der Waals surface area (Å²) in [5, 5.41) is 8.08. The summed E-state index contributed by atoms with van der Waals surface area (Å²) in [4.78, 5) is 28.1. The van der Waals surface area contributed by atoms with E-state index in [0.29, 0.717) is 55.0 Å². The molecule has 0 atom stereocenters. The lowest BCUT2D eigenvalue weighted by Gasteiger charge is -2.44. The molecule has 0 unspecified atom stereocenters. The zero-order valence-electron chi connectivity index (χ0n) is 18.7. The number of nitrogens with zero attached hydrogens (tertiary/aromatic N) is 2. The first kappa shape index (κ1) is 20.5. The molecule has 32 heavy (non-hydrogen) atoms. The molecule has 7 heteroatoms. The number of ether oxygens (including phenoxy) is 2. The lowest BCUT2D eigenvalue weighted by Crippen LogP contribution is -2.52. The monoisotopic (exact) mass is 433 g/mol. The van der Waals surface area contributed by atoms with Gasteiger partial charge in [0.2, 0.25) is 0 Å². The third-order valence-electron chi connectivity index (χ3n) is 6.74. The lowest BCUT2D eigenvalue weighted by atomic mass is 9.82. The smallest absolute Gasteiger partial charge is 0.253 e. The van der Waals surface area contributed by atoms with Gasteiger partial charge in [-0.25, -0.2) is 0 Å². The highest BCUT2D eigenvalue weighted by Gasteiger charge is 2.44. The van der Waals surface area contributed by atoms with Gasteiger partial charge in [0, 0.05) is 36.9 Å². The summed E-state index contributed by atoms with van der Waals surface area (Å²) < 4.78 is 11.8. The van der Waals surface area contributed by atoms with Gasteiger partial charge in [-0.3, -0.25) is 14.7 Å². The van der Waals surface area contributed by atoms with E-state index in [0.717, 1.165) is 28.5 Å². The highest BCUT2D eigenvalue weighted by Crippen LogP contribution is 2.43. The maximum Gasteiger partial charge on any atom is 0.253 e. The molecule has 0 aliphatic carbocycles. The van der Waals surface area contributed by atoms with Crippen LogP contribution in [0.25, 0.3) is 10.9 Å². The van der Waals surface area contributed by atoms with Gasteiger partial charge in [-0.15, -0.1) is 0 Å². The summed E-state index contributed by atoms with van der Waals surface area (Å²) in [5.74, 6) is 1.21. The Balaban J connectivity index is 1.36. The van der Waals surface area contributed by atoms with Crippen molar-refractivity contribution < 1.29 is 19.1 Å². The van der Waals surface area contributed by atoms with Crippen LogP contribution in [0.4, 0.5) is 0 Å². The van der Waals surface area contributed by atoms with Gasteiger partial charge in [0.15, 0.2) is 5.78 Å². The normalized spacial score (nSPS) is 17.3. The quantitative estimate of drug-likeness (QED) is 0.673. The zero-order chi connectivity index (χ0) is 22.5. The van der Waals surface area contributed by atoms with E-state index in [1.54, 1.807) is 13.3 Å².